The van der Waals surface area contributed by atoms with E-state index in [2.05, 4.69) is 37.8 Å². The molecule has 1 aromatic carbocycles. The molecule has 2 N–H and O–H groups in total. The van der Waals surface area contributed by atoms with E-state index in [0.29, 0.717) is 11.0 Å². The van der Waals surface area contributed by atoms with Crippen molar-refractivity contribution in [1.29, 1.82) is 0 Å². The molecule has 0 saturated heterocycles. The first-order chi connectivity index (χ1) is 7.54. The van der Waals surface area contributed by atoms with Crippen LogP contribution < -0.4 is 5.73 Å². The van der Waals surface area contributed by atoms with E-state index >= 15 is 0 Å². The molecule has 0 amide bonds. The van der Waals surface area contributed by atoms with Gasteiger partial charge in [0.1, 0.15) is 4.99 Å². The Bertz CT molecular complexity index is 343. The molecule has 0 fully saturated rings. The van der Waals surface area contributed by atoms with Gasteiger partial charge in [-0.1, -0.05) is 43.4 Å². The van der Waals surface area contributed by atoms with E-state index in [-0.39, 0.29) is 0 Å². The van der Waals surface area contributed by atoms with Crippen molar-refractivity contribution < 1.29 is 0 Å². The van der Waals surface area contributed by atoms with Gasteiger partial charge < -0.3 is 5.73 Å². The minimum atomic E-state index is 0.461. The Morgan fingerprint density at radius 3 is 2.25 bits per heavy atom. The maximum atomic E-state index is 5.56. The molecular weight excluding hydrogens is 216 g/mol. The zero-order valence-corrected chi connectivity index (χ0v) is 11.1. The lowest BCUT2D eigenvalue weighted by molar-refractivity contribution is 0.225. The van der Waals surface area contributed by atoms with E-state index in [4.69, 9.17) is 18.0 Å². The summed E-state index contributed by atoms with van der Waals surface area (Å²) in [5.74, 6) is 0. The third-order valence-corrected chi connectivity index (χ3v) is 3.00. The molecule has 1 aromatic rings. The summed E-state index contributed by atoms with van der Waals surface area (Å²) >= 11 is 4.92. The van der Waals surface area contributed by atoms with Gasteiger partial charge in [0.05, 0.1) is 0 Å². The fourth-order valence-corrected chi connectivity index (χ4v) is 1.80. The lowest BCUT2D eigenvalue weighted by atomic mass is 10.1. The first-order valence-electron chi connectivity index (χ1n) is 5.67. The number of thiocarbonyl (C=S) groups is 1. The van der Waals surface area contributed by atoms with Crippen LogP contribution in [0.25, 0.3) is 0 Å². The molecule has 0 aromatic heterocycles. The zero-order valence-electron chi connectivity index (χ0n) is 10.2. The quantitative estimate of drug-likeness (QED) is 0.797. The zero-order chi connectivity index (χ0) is 12.1. The van der Waals surface area contributed by atoms with E-state index in [1.165, 1.54) is 5.56 Å². The summed E-state index contributed by atoms with van der Waals surface area (Å²) in [4.78, 5) is 2.87. The molecule has 16 heavy (non-hydrogen) atoms. The largest absolute Gasteiger partial charge is 0.389 e. The van der Waals surface area contributed by atoms with E-state index in [1.807, 2.05) is 12.1 Å². The maximum Gasteiger partial charge on any atom is 0.103 e. The van der Waals surface area contributed by atoms with Crippen molar-refractivity contribution in [3.63, 3.8) is 0 Å². The Morgan fingerprint density at radius 2 is 1.88 bits per heavy atom. The van der Waals surface area contributed by atoms with Crippen LogP contribution in [0.15, 0.2) is 24.3 Å². The van der Waals surface area contributed by atoms with Crippen LogP contribution in [-0.2, 0) is 6.54 Å². The van der Waals surface area contributed by atoms with Crippen molar-refractivity contribution in [1.82, 2.24) is 4.90 Å². The number of nitrogens with two attached hydrogens (primary N) is 1. The molecule has 0 aliphatic rings. The highest BCUT2D eigenvalue weighted by Crippen LogP contribution is 2.09. The SMILES string of the molecule is CCN(Cc1ccc(C(N)=S)cc1)C(C)C. The Morgan fingerprint density at radius 1 is 1.31 bits per heavy atom. The number of hydrogen-bond acceptors (Lipinski definition) is 2. The van der Waals surface area contributed by atoms with E-state index < -0.39 is 0 Å². The van der Waals surface area contributed by atoms with Crippen molar-refractivity contribution in [3.05, 3.63) is 35.4 Å². The molecule has 0 unspecified atom stereocenters. The summed E-state index contributed by atoms with van der Waals surface area (Å²) in [5, 5.41) is 0. The lowest BCUT2D eigenvalue weighted by Crippen LogP contribution is -2.29. The van der Waals surface area contributed by atoms with Crippen LogP contribution in [0.4, 0.5) is 0 Å². The molecule has 3 heteroatoms. The van der Waals surface area contributed by atoms with Gasteiger partial charge in [0, 0.05) is 18.2 Å². The van der Waals surface area contributed by atoms with Crippen LogP contribution in [0.3, 0.4) is 0 Å². The molecule has 2 nitrogen and oxygen atoms in total. The second-order valence-electron chi connectivity index (χ2n) is 4.22. The van der Waals surface area contributed by atoms with E-state index in [9.17, 15) is 0 Å². The molecule has 0 saturated carbocycles. The van der Waals surface area contributed by atoms with Crippen molar-refractivity contribution in [2.75, 3.05) is 6.54 Å². The minimum Gasteiger partial charge on any atom is -0.389 e. The number of benzene rings is 1. The topological polar surface area (TPSA) is 29.3 Å². The van der Waals surface area contributed by atoms with Gasteiger partial charge in [-0.05, 0) is 26.0 Å². The Labute approximate surface area is 103 Å². The third-order valence-electron chi connectivity index (χ3n) is 2.76. The van der Waals surface area contributed by atoms with Crippen LogP contribution >= 0.6 is 12.2 Å². The molecule has 0 aliphatic carbocycles. The first-order valence-corrected chi connectivity index (χ1v) is 6.08. The van der Waals surface area contributed by atoms with E-state index in [1.54, 1.807) is 0 Å². The van der Waals surface area contributed by atoms with Crippen molar-refractivity contribution >= 4 is 17.2 Å². The van der Waals surface area contributed by atoms with Crippen LogP contribution in [-0.4, -0.2) is 22.5 Å². The fourth-order valence-electron chi connectivity index (χ4n) is 1.67. The lowest BCUT2D eigenvalue weighted by Gasteiger charge is -2.24. The molecule has 0 spiro atoms. The second kappa shape index (κ2) is 5.97. The summed E-state index contributed by atoms with van der Waals surface area (Å²) < 4.78 is 0. The van der Waals surface area contributed by atoms with Crippen LogP contribution in [0.5, 0.6) is 0 Å². The smallest absolute Gasteiger partial charge is 0.103 e. The molecule has 0 atom stereocenters. The van der Waals surface area contributed by atoms with Gasteiger partial charge in [-0.15, -0.1) is 0 Å². The molecule has 88 valence electrons. The summed E-state index contributed by atoms with van der Waals surface area (Å²) in [6.07, 6.45) is 0. The molecule has 0 heterocycles. The van der Waals surface area contributed by atoms with Gasteiger partial charge in [0.15, 0.2) is 0 Å². The van der Waals surface area contributed by atoms with Crippen LogP contribution in [0, 0.1) is 0 Å². The second-order valence-corrected chi connectivity index (χ2v) is 4.66. The molecule has 0 bridgehead atoms. The average molecular weight is 236 g/mol. The van der Waals surface area contributed by atoms with Gasteiger partial charge in [-0.3, -0.25) is 4.90 Å². The molecular formula is C13H20N2S. The van der Waals surface area contributed by atoms with Crippen LogP contribution in [0.2, 0.25) is 0 Å². The minimum absolute atomic E-state index is 0.461. The van der Waals surface area contributed by atoms with Crippen molar-refractivity contribution in [2.24, 2.45) is 5.73 Å². The van der Waals surface area contributed by atoms with Crippen molar-refractivity contribution in [3.8, 4) is 0 Å². The number of nitrogens with zero attached hydrogens (tertiary/aromatic N) is 1. The first kappa shape index (κ1) is 13.1. The molecule has 0 radical (unpaired) electrons. The summed E-state index contributed by atoms with van der Waals surface area (Å²) in [6.45, 7) is 8.66. The molecule has 0 aliphatic heterocycles. The van der Waals surface area contributed by atoms with Crippen LogP contribution in [0.1, 0.15) is 31.9 Å². The predicted octanol–water partition coefficient (Wildman–Crippen LogP) is 2.55. The highest BCUT2D eigenvalue weighted by molar-refractivity contribution is 7.80. The van der Waals surface area contributed by atoms with Gasteiger partial charge in [-0.25, -0.2) is 0 Å². The predicted molar refractivity (Wildman–Crippen MR) is 73.5 cm³/mol. The summed E-state index contributed by atoms with van der Waals surface area (Å²) in [7, 11) is 0. The summed E-state index contributed by atoms with van der Waals surface area (Å²) in [6, 6.07) is 8.75. The summed E-state index contributed by atoms with van der Waals surface area (Å²) in [5.41, 5.74) is 7.80. The van der Waals surface area contributed by atoms with Gasteiger partial charge in [0.25, 0.3) is 0 Å². The Kier molecular flexibility index (Phi) is 4.90. The van der Waals surface area contributed by atoms with Gasteiger partial charge >= 0.3 is 0 Å². The van der Waals surface area contributed by atoms with E-state index in [0.717, 1.165) is 18.7 Å². The number of hydrogen-bond donors (Lipinski definition) is 1. The average Bonchev–Trinajstić information content (AvgIpc) is 2.26. The highest BCUT2D eigenvalue weighted by Gasteiger charge is 2.07. The maximum absolute atomic E-state index is 5.56. The third kappa shape index (κ3) is 3.58. The number of rotatable bonds is 5. The Hall–Kier alpha value is -0.930. The standard InChI is InChI=1S/C13H20N2S/c1-4-15(10(2)3)9-11-5-7-12(8-6-11)13(14)16/h5-8,10H,4,9H2,1-3H3,(H2,14,16). The van der Waals surface area contributed by atoms with Crippen molar-refractivity contribution in [2.45, 2.75) is 33.4 Å². The monoisotopic (exact) mass is 236 g/mol. The highest BCUT2D eigenvalue weighted by atomic mass is 32.1. The normalized spacial score (nSPS) is 11.1. The van der Waals surface area contributed by atoms with Gasteiger partial charge in [0.2, 0.25) is 0 Å². The fraction of sp³-hybridized carbons (Fsp3) is 0.462. The van der Waals surface area contributed by atoms with Gasteiger partial charge in [-0.2, -0.15) is 0 Å². The molecule has 1 rings (SSSR count). The Balaban J connectivity index is 2.71.